The minimum Gasteiger partial charge on any atom is -0.481 e. The number of nitrogens with zero attached hydrogens (tertiary/aromatic N) is 6. The van der Waals surface area contributed by atoms with E-state index < -0.39 is 76.2 Å². The molecule has 54 heavy (non-hydrogen) atoms. The summed E-state index contributed by atoms with van der Waals surface area (Å²) in [5.41, 5.74) is 0.635. The molecule has 1 aromatic carbocycles. The summed E-state index contributed by atoms with van der Waals surface area (Å²) in [7, 11) is -7.73. The lowest BCUT2D eigenvalue weighted by Gasteiger charge is -2.34. The molecule has 2 unspecified atom stereocenters. The highest BCUT2D eigenvalue weighted by Crippen LogP contribution is 2.61. The van der Waals surface area contributed by atoms with Gasteiger partial charge in [0, 0.05) is 18.3 Å². The number of aromatic nitrogens is 6. The van der Waals surface area contributed by atoms with Crippen molar-refractivity contribution in [1.82, 2.24) is 29.1 Å². The molecule has 0 amide bonds. The number of fused-ring (bicyclic) bond motifs is 3. The van der Waals surface area contributed by atoms with E-state index in [4.69, 9.17) is 51.8 Å². The number of nitrogens with two attached hydrogens (primary N) is 1. The number of rotatable bonds is 9. The number of ether oxygens (including phenoxy) is 4. The van der Waals surface area contributed by atoms with Crippen LogP contribution in [0.3, 0.4) is 0 Å². The molecule has 10 atom stereocenters. The minimum atomic E-state index is -4.53. The van der Waals surface area contributed by atoms with Gasteiger partial charge in [-0.1, -0.05) is 6.07 Å². The van der Waals surface area contributed by atoms with Gasteiger partial charge in [-0.25, -0.2) is 27.7 Å². The Morgan fingerprint density at radius 1 is 0.926 bits per heavy atom. The lowest BCUT2D eigenvalue weighted by Crippen LogP contribution is -2.46. The second kappa shape index (κ2) is 13.2. The van der Waals surface area contributed by atoms with E-state index in [1.165, 1.54) is 61.5 Å². The molecule has 4 fully saturated rings. The SMILES string of the molecule is CCOc1nc(N)nc2c1ncn2[C@@H]1O[C@@H]2COP(=O)(Oc3cccc(OP4(=O)OC[C@H]5O[C@@H](n6ccc(OC)nc6=O)[C@](C)(F)[C@@H]5O4)c3)O[C@H]2[C@@]1(C)F. The molecular weight excluding hydrogens is 766 g/mol. The van der Waals surface area contributed by atoms with E-state index in [0.29, 0.717) is 0 Å². The normalized spacial score (nSPS) is 36.0. The van der Waals surface area contributed by atoms with Crippen molar-refractivity contribution in [3.8, 4) is 23.3 Å². The highest BCUT2D eigenvalue weighted by molar-refractivity contribution is 7.49. The zero-order valence-electron chi connectivity index (χ0n) is 28.8. The number of halogens is 2. The van der Waals surface area contributed by atoms with Gasteiger partial charge in [0.05, 0.1) is 33.3 Å². The van der Waals surface area contributed by atoms with Crippen LogP contribution in [0, 0.1) is 0 Å². The molecule has 0 spiro atoms. The van der Waals surface area contributed by atoms with Crippen molar-refractivity contribution < 1.29 is 64.0 Å². The first-order valence-electron chi connectivity index (χ1n) is 16.4. The molecule has 0 radical (unpaired) electrons. The maximum absolute atomic E-state index is 16.6. The van der Waals surface area contributed by atoms with Gasteiger partial charge in [-0.3, -0.25) is 27.2 Å². The zero-order chi connectivity index (χ0) is 38.2. The predicted molar refractivity (Wildman–Crippen MR) is 177 cm³/mol. The molecule has 3 aromatic heterocycles. The third-order valence-corrected chi connectivity index (χ3v) is 11.9. The third kappa shape index (κ3) is 6.29. The van der Waals surface area contributed by atoms with Crippen molar-refractivity contribution in [3.05, 3.63) is 53.3 Å². The van der Waals surface area contributed by atoms with Crippen molar-refractivity contribution in [2.45, 2.75) is 69.0 Å². The first kappa shape index (κ1) is 36.7. The number of imidazole rings is 1. The van der Waals surface area contributed by atoms with Crippen LogP contribution in [0.25, 0.3) is 11.2 Å². The average molecular weight is 800 g/mol. The highest BCUT2D eigenvalue weighted by atomic mass is 31.2. The van der Waals surface area contributed by atoms with Crippen LogP contribution in [0.1, 0.15) is 33.2 Å². The molecule has 0 bridgehead atoms. The molecule has 20 nitrogen and oxygen atoms in total. The number of phosphoric ester groups is 2. The largest absolute Gasteiger partial charge is 0.530 e. The van der Waals surface area contributed by atoms with Crippen molar-refractivity contribution in [3.63, 3.8) is 0 Å². The molecule has 0 saturated carbocycles. The Balaban J connectivity index is 0.959. The van der Waals surface area contributed by atoms with Crippen LogP contribution in [0.15, 0.2) is 47.7 Å². The van der Waals surface area contributed by atoms with Crippen molar-refractivity contribution in [2.24, 2.45) is 0 Å². The zero-order valence-corrected chi connectivity index (χ0v) is 30.6. The standard InChI is InChI=1S/C30H33F2N7O13P2/c1-5-44-24-20-23(36-27(33)37-24)39(14-34-20)26-30(3,32)22-18(48-26)13-46-54(42,52-22)50-16-8-6-7-15(11-16)49-53(41)45-12-17-21(51-53)29(2,31)25(47-17)38-10-9-19(43-4)35-28(38)40/h6-11,14,17-18,21-22,25-26H,5,12-13H2,1-4H3,(H2,33,36,37)/t17-,18-,21-,22-,25-,26-,29-,30-,53?,54?/m1/s1. The van der Waals surface area contributed by atoms with Gasteiger partial charge in [-0.15, -0.1) is 0 Å². The van der Waals surface area contributed by atoms with E-state index in [1.54, 1.807) is 6.92 Å². The number of hydrogen-bond donors (Lipinski definition) is 1. The summed E-state index contributed by atoms with van der Waals surface area (Å²) >= 11 is 0. The van der Waals surface area contributed by atoms with Gasteiger partial charge in [0.25, 0.3) is 0 Å². The third-order valence-electron chi connectivity index (χ3n) is 9.09. The van der Waals surface area contributed by atoms with Crippen LogP contribution >= 0.6 is 15.6 Å². The van der Waals surface area contributed by atoms with Crippen LogP contribution in [-0.4, -0.2) is 91.8 Å². The molecule has 4 aromatic rings. The Hall–Kier alpha value is -4.27. The first-order valence-corrected chi connectivity index (χ1v) is 19.3. The number of alkyl halides is 2. The molecule has 4 saturated heterocycles. The first-order chi connectivity index (χ1) is 25.6. The summed E-state index contributed by atoms with van der Waals surface area (Å²) in [5.74, 6) is -0.328. The maximum atomic E-state index is 16.6. The number of phosphoric acid groups is 2. The van der Waals surface area contributed by atoms with Crippen molar-refractivity contribution >= 4 is 32.8 Å². The van der Waals surface area contributed by atoms with E-state index >= 15 is 8.78 Å². The van der Waals surface area contributed by atoms with Gasteiger partial charge in [0.15, 0.2) is 35.0 Å². The van der Waals surface area contributed by atoms with E-state index in [1.807, 2.05) is 0 Å². The Morgan fingerprint density at radius 3 is 2.07 bits per heavy atom. The molecule has 7 heterocycles. The number of anilines is 1. The van der Waals surface area contributed by atoms with Gasteiger partial charge in [0.1, 0.15) is 35.9 Å². The Labute approximate surface area is 303 Å². The predicted octanol–water partition coefficient (Wildman–Crippen LogP) is 3.83. The Kier molecular flexibility index (Phi) is 8.96. The van der Waals surface area contributed by atoms with Crippen molar-refractivity contribution in [2.75, 3.05) is 32.7 Å². The van der Waals surface area contributed by atoms with Crippen LogP contribution in [-0.2, 0) is 36.7 Å². The second-order valence-corrected chi connectivity index (χ2v) is 15.9. The van der Waals surface area contributed by atoms with E-state index in [-0.39, 0.29) is 53.6 Å². The number of hydrogen-bond acceptors (Lipinski definition) is 18. The molecule has 2 N–H and O–H groups in total. The quantitative estimate of drug-likeness (QED) is 0.237. The van der Waals surface area contributed by atoms with Crippen LogP contribution in [0.2, 0.25) is 0 Å². The fraction of sp³-hybridized carbons (Fsp3) is 0.500. The molecule has 24 heteroatoms. The highest BCUT2D eigenvalue weighted by Gasteiger charge is 2.63. The summed E-state index contributed by atoms with van der Waals surface area (Å²) in [4.78, 5) is 28.8. The Bertz CT molecular complexity index is 2260. The second-order valence-electron chi connectivity index (χ2n) is 12.9. The smallest absolute Gasteiger partial charge is 0.481 e. The summed E-state index contributed by atoms with van der Waals surface area (Å²) in [6, 6.07) is 6.61. The summed E-state index contributed by atoms with van der Waals surface area (Å²) in [6.45, 7) is 3.53. The maximum Gasteiger partial charge on any atom is 0.530 e. The van der Waals surface area contributed by atoms with E-state index in [0.717, 1.165) is 11.5 Å². The lowest BCUT2D eigenvalue weighted by molar-refractivity contribution is -0.0681. The number of nitrogen functional groups attached to an aromatic ring is 1. The Morgan fingerprint density at radius 2 is 1.52 bits per heavy atom. The van der Waals surface area contributed by atoms with Crippen LogP contribution in [0.4, 0.5) is 14.7 Å². The molecule has 8 rings (SSSR count). The van der Waals surface area contributed by atoms with Gasteiger partial charge in [0.2, 0.25) is 17.7 Å². The van der Waals surface area contributed by atoms with E-state index in [2.05, 4.69) is 19.9 Å². The molecule has 4 aliphatic heterocycles. The van der Waals surface area contributed by atoms with E-state index in [9.17, 15) is 13.9 Å². The molecule has 0 aliphatic carbocycles. The monoisotopic (exact) mass is 799 g/mol. The number of methoxy groups -OCH3 is 1. The summed E-state index contributed by atoms with van der Waals surface area (Å²) < 4.78 is 118. The van der Waals surface area contributed by atoms with Crippen LogP contribution in [0.5, 0.6) is 23.3 Å². The summed E-state index contributed by atoms with van der Waals surface area (Å²) in [6.07, 6.45) is -5.38. The minimum absolute atomic E-state index is 0.0208. The fourth-order valence-electron chi connectivity index (χ4n) is 6.63. The van der Waals surface area contributed by atoms with Gasteiger partial charge in [-0.2, -0.15) is 15.0 Å². The van der Waals surface area contributed by atoms with Crippen molar-refractivity contribution in [1.29, 1.82) is 0 Å². The van der Waals surface area contributed by atoms with Gasteiger partial charge in [-0.05, 0) is 32.9 Å². The van der Waals surface area contributed by atoms with Gasteiger partial charge >= 0.3 is 21.3 Å². The fourth-order valence-corrected chi connectivity index (χ4v) is 9.59. The molecular formula is C30H33F2N7O13P2. The lowest BCUT2D eigenvalue weighted by atomic mass is 9.98. The number of benzene rings is 1. The topological polar surface area (TPSA) is 231 Å². The summed E-state index contributed by atoms with van der Waals surface area (Å²) in [5, 5.41) is 0. The molecule has 4 aliphatic rings. The van der Waals surface area contributed by atoms with Gasteiger partial charge < -0.3 is 33.7 Å². The average Bonchev–Trinajstić information content (AvgIpc) is 3.73. The molecule has 290 valence electrons. The van der Waals surface area contributed by atoms with Crippen LogP contribution < -0.4 is 29.9 Å².